The van der Waals surface area contributed by atoms with Crippen LogP contribution in [0.3, 0.4) is 0 Å². The fourth-order valence-corrected chi connectivity index (χ4v) is 2.69. The molecule has 1 unspecified atom stereocenters. The number of hydrogen-bond donors (Lipinski definition) is 0. The number of unbranched alkanes of at least 4 members (excludes halogenated alkanes) is 1. The molecular weight excluding hydrogens is 128 g/mol. The van der Waals surface area contributed by atoms with Crippen molar-refractivity contribution in [3.8, 4) is 0 Å². The SMILES string of the molecule is CCCC[SiH]([O])CCC. The summed E-state index contributed by atoms with van der Waals surface area (Å²) in [7, 11) is -1.47. The van der Waals surface area contributed by atoms with E-state index in [4.69, 9.17) is 0 Å². The summed E-state index contributed by atoms with van der Waals surface area (Å²) < 4.78 is 0. The highest BCUT2D eigenvalue weighted by Gasteiger charge is 2.05. The van der Waals surface area contributed by atoms with Crippen LogP contribution in [0.1, 0.15) is 33.1 Å². The van der Waals surface area contributed by atoms with Gasteiger partial charge in [-0.05, 0) is 12.1 Å². The first-order valence-electron chi connectivity index (χ1n) is 3.97. The van der Waals surface area contributed by atoms with Crippen molar-refractivity contribution in [2.24, 2.45) is 0 Å². The Kier molecular flexibility index (Phi) is 6.42. The summed E-state index contributed by atoms with van der Waals surface area (Å²) in [6, 6.07) is 2.02. The predicted molar refractivity (Wildman–Crippen MR) is 42.6 cm³/mol. The maximum atomic E-state index is 11.0. The molecule has 0 fully saturated rings. The van der Waals surface area contributed by atoms with E-state index in [0.717, 1.165) is 18.5 Å². The van der Waals surface area contributed by atoms with E-state index in [1.807, 2.05) is 0 Å². The molecule has 0 saturated carbocycles. The van der Waals surface area contributed by atoms with Crippen LogP contribution >= 0.6 is 0 Å². The highest BCUT2D eigenvalue weighted by molar-refractivity contribution is 6.49. The Morgan fingerprint density at radius 3 is 2.22 bits per heavy atom. The van der Waals surface area contributed by atoms with E-state index in [9.17, 15) is 4.80 Å². The summed E-state index contributed by atoms with van der Waals surface area (Å²) in [5.74, 6) is 0. The van der Waals surface area contributed by atoms with Crippen LogP contribution in [-0.4, -0.2) is 9.04 Å². The lowest BCUT2D eigenvalue weighted by atomic mass is 10.4. The minimum atomic E-state index is -1.47. The average Bonchev–Trinajstić information content (AvgIpc) is 1.85. The first-order chi connectivity index (χ1) is 4.31. The van der Waals surface area contributed by atoms with E-state index >= 15 is 0 Å². The molecule has 0 aromatic heterocycles. The molecule has 2 heteroatoms. The molecule has 55 valence electrons. The molecule has 0 aliphatic carbocycles. The second-order valence-corrected chi connectivity index (χ2v) is 4.95. The minimum Gasteiger partial charge on any atom is -0.302 e. The van der Waals surface area contributed by atoms with Crippen LogP contribution in [0.25, 0.3) is 0 Å². The van der Waals surface area contributed by atoms with Gasteiger partial charge in [0, 0.05) is 0 Å². The third kappa shape index (κ3) is 6.06. The van der Waals surface area contributed by atoms with Gasteiger partial charge in [0.25, 0.3) is 0 Å². The van der Waals surface area contributed by atoms with Crippen molar-refractivity contribution < 1.29 is 4.80 Å². The van der Waals surface area contributed by atoms with Gasteiger partial charge < -0.3 is 4.80 Å². The molecule has 0 aromatic rings. The van der Waals surface area contributed by atoms with Gasteiger partial charge in [0.15, 0.2) is 0 Å². The number of rotatable bonds is 5. The summed E-state index contributed by atoms with van der Waals surface area (Å²) >= 11 is 0. The Morgan fingerprint density at radius 1 is 1.11 bits per heavy atom. The monoisotopic (exact) mass is 145 g/mol. The minimum absolute atomic E-state index is 1.00. The van der Waals surface area contributed by atoms with Crippen LogP contribution in [0.4, 0.5) is 0 Å². The largest absolute Gasteiger partial charge is 0.302 e. The fraction of sp³-hybridized carbons (Fsp3) is 1.00. The second-order valence-electron chi connectivity index (χ2n) is 2.55. The van der Waals surface area contributed by atoms with E-state index in [0.29, 0.717) is 0 Å². The normalized spacial score (nSPS) is 13.7. The smallest absolute Gasteiger partial charge is 0.222 e. The van der Waals surface area contributed by atoms with E-state index in [2.05, 4.69) is 13.8 Å². The number of hydrogen-bond acceptors (Lipinski definition) is 0. The first kappa shape index (κ1) is 9.18. The Balaban J connectivity index is 2.95. The molecule has 0 aliphatic rings. The molecule has 0 saturated heterocycles. The van der Waals surface area contributed by atoms with E-state index in [-0.39, 0.29) is 0 Å². The van der Waals surface area contributed by atoms with Gasteiger partial charge >= 0.3 is 0 Å². The highest BCUT2D eigenvalue weighted by atomic mass is 28.3. The van der Waals surface area contributed by atoms with Gasteiger partial charge in [0.05, 0.1) is 0 Å². The zero-order chi connectivity index (χ0) is 7.11. The zero-order valence-electron chi connectivity index (χ0n) is 6.52. The Bertz CT molecular complexity index is 56.9. The van der Waals surface area contributed by atoms with Gasteiger partial charge in [-0.15, -0.1) is 0 Å². The fourth-order valence-electron chi connectivity index (χ4n) is 0.898. The molecule has 1 radical (unpaired) electrons. The standard InChI is InChI=1S/C7H17OSi/c1-3-5-7-9(8)6-4-2/h9H,3-7H2,1-2H3. The lowest BCUT2D eigenvalue weighted by molar-refractivity contribution is 0.440. The van der Waals surface area contributed by atoms with Gasteiger partial charge in [-0.25, -0.2) is 0 Å². The average molecular weight is 145 g/mol. The molecule has 0 amide bonds. The maximum absolute atomic E-state index is 11.0. The zero-order valence-corrected chi connectivity index (χ0v) is 7.68. The molecule has 1 nitrogen and oxygen atoms in total. The molecule has 0 aliphatic heterocycles. The lowest BCUT2D eigenvalue weighted by Crippen LogP contribution is -2.07. The third-order valence-corrected chi connectivity index (χ3v) is 3.76. The van der Waals surface area contributed by atoms with Crippen molar-refractivity contribution in [3.63, 3.8) is 0 Å². The van der Waals surface area contributed by atoms with Crippen molar-refractivity contribution in [1.82, 2.24) is 0 Å². The van der Waals surface area contributed by atoms with Crippen molar-refractivity contribution >= 4 is 9.04 Å². The summed E-state index contributed by atoms with van der Waals surface area (Å²) in [6.07, 6.45) is 3.46. The first-order valence-corrected chi connectivity index (χ1v) is 6.07. The van der Waals surface area contributed by atoms with Crippen LogP contribution in [0.15, 0.2) is 0 Å². The van der Waals surface area contributed by atoms with Crippen molar-refractivity contribution in [2.75, 3.05) is 0 Å². The van der Waals surface area contributed by atoms with Gasteiger partial charge in [-0.1, -0.05) is 33.1 Å². The Morgan fingerprint density at radius 2 is 1.78 bits per heavy atom. The highest BCUT2D eigenvalue weighted by Crippen LogP contribution is 2.04. The summed E-state index contributed by atoms with van der Waals surface area (Å²) in [6.45, 7) is 4.25. The predicted octanol–water partition coefficient (Wildman–Crippen LogP) is 2.35. The lowest BCUT2D eigenvalue weighted by Gasteiger charge is -2.00. The maximum Gasteiger partial charge on any atom is 0.222 e. The Hall–Kier alpha value is 0.177. The quantitative estimate of drug-likeness (QED) is 0.529. The molecule has 0 N–H and O–H groups in total. The van der Waals surface area contributed by atoms with E-state index in [1.165, 1.54) is 12.8 Å². The topological polar surface area (TPSA) is 19.9 Å². The van der Waals surface area contributed by atoms with Gasteiger partial charge in [-0.3, -0.25) is 0 Å². The van der Waals surface area contributed by atoms with Crippen LogP contribution in [-0.2, 0) is 4.80 Å². The molecule has 1 atom stereocenters. The second kappa shape index (κ2) is 6.30. The van der Waals surface area contributed by atoms with Crippen molar-refractivity contribution in [1.29, 1.82) is 0 Å². The van der Waals surface area contributed by atoms with Crippen molar-refractivity contribution in [2.45, 2.75) is 45.2 Å². The van der Waals surface area contributed by atoms with Crippen LogP contribution < -0.4 is 0 Å². The van der Waals surface area contributed by atoms with Crippen LogP contribution in [0.2, 0.25) is 12.1 Å². The van der Waals surface area contributed by atoms with Crippen molar-refractivity contribution in [3.05, 3.63) is 0 Å². The van der Waals surface area contributed by atoms with Gasteiger partial charge in [0.2, 0.25) is 9.04 Å². The van der Waals surface area contributed by atoms with E-state index in [1.54, 1.807) is 0 Å². The summed E-state index contributed by atoms with van der Waals surface area (Å²) in [5.41, 5.74) is 0. The molecule has 9 heavy (non-hydrogen) atoms. The van der Waals surface area contributed by atoms with E-state index < -0.39 is 9.04 Å². The van der Waals surface area contributed by atoms with Gasteiger partial charge in [-0.2, -0.15) is 0 Å². The third-order valence-electron chi connectivity index (χ3n) is 1.49. The molecule has 0 heterocycles. The Labute approximate surface area is 59.8 Å². The molecule has 0 aromatic carbocycles. The molecular formula is C7H17OSi. The summed E-state index contributed by atoms with van der Waals surface area (Å²) in [4.78, 5) is 11.0. The van der Waals surface area contributed by atoms with Gasteiger partial charge in [0.1, 0.15) is 0 Å². The molecule has 0 rings (SSSR count). The van der Waals surface area contributed by atoms with Crippen LogP contribution in [0.5, 0.6) is 0 Å². The van der Waals surface area contributed by atoms with Crippen LogP contribution in [0, 0.1) is 0 Å². The molecule has 0 bridgehead atoms. The summed E-state index contributed by atoms with van der Waals surface area (Å²) in [5, 5.41) is 0. The molecule has 0 spiro atoms.